The highest BCUT2D eigenvalue weighted by Gasteiger charge is 2.34. The Balaban J connectivity index is 3.15. The number of anilines is 1. The van der Waals surface area contributed by atoms with Gasteiger partial charge in [-0.05, 0) is 13.0 Å². The molecule has 0 fully saturated rings. The Morgan fingerprint density at radius 2 is 2.10 bits per heavy atom. The molecular weight excluding hydrogens is 279 g/mol. The minimum Gasteiger partial charge on any atom is -0.466 e. The number of hydrogen-bond donors (Lipinski definition) is 2. The molecule has 0 radical (unpaired) electrons. The van der Waals surface area contributed by atoms with Crippen LogP contribution in [0, 0.1) is 0 Å². The lowest BCUT2D eigenvalue weighted by molar-refractivity contribution is -0.276. The van der Waals surface area contributed by atoms with Crippen molar-refractivity contribution in [2.24, 2.45) is 5.73 Å². The molecule has 0 amide bonds. The molecule has 4 N–H and O–H groups in total. The van der Waals surface area contributed by atoms with Gasteiger partial charge in [0.05, 0.1) is 18.7 Å². The number of nitrogens with two attached hydrogens (primary N) is 2. The first kappa shape index (κ1) is 16.0. The molecule has 1 aromatic heterocycles. The molecule has 0 unspecified atom stereocenters. The van der Waals surface area contributed by atoms with Gasteiger partial charge in [0, 0.05) is 17.8 Å². The molecule has 0 spiro atoms. The summed E-state index contributed by atoms with van der Waals surface area (Å²) in [7, 11) is 0. The number of halogens is 3. The number of alkyl halides is 3. The van der Waals surface area contributed by atoms with E-state index in [4.69, 9.17) is 11.5 Å². The number of ether oxygens (including phenoxy) is 2. The van der Waals surface area contributed by atoms with Gasteiger partial charge in [-0.1, -0.05) is 0 Å². The van der Waals surface area contributed by atoms with Crippen molar-refractivity contribution < 1.29 is 27.4 Å². The third-order valence-electron chi connectivity index (χ3n) is 2.22. The molecule has 112 valence electrons. The molecule has 0 bridgehead atoms. The first-order chi connectivity index (χ1) is 9.26. The van der Waals surface area contributed by atoms with E-state index >= 15 is 0 Å². The van der Waals surface area contributed by atoms with Crippen LogP contribution in [0.5, 0.6) is 5.88 Å². The van der Waals surface area contributed by atoms with Crippen LogP contribution in [-0.2, 0) is 22.5 Å². The molecule has 6 nitrogen and oxygen atoms in total. The Labute approximate surface area is 112 Å². The molecule has 0 saturated carbocycles. The van der Waals surface area contributed by atoms with E-state index in [1.165, 1.54) is 6.07 Å². The topological polar surface area (TPSA) is 100 Å². The maximum absolute atomic E-state index is 12.3. The third-order valence-corrected chi connectivity index (χ3v) is 2.22. The van der Waals surface area contributed by atoms with Gasteiger partial charge in [0.1, 0.15) is 0 Å². The van der Waals surface area contributed by atoms with Gasteiger partial charge in [0.2, 0.25) is 5.88 Å². The zero-order chi connectivity index (χ0) is 15.3. The summed E-state index contributed by atoms with van der Waals surface area (Å²) >= 11 is 0. The van der Waals surface area contributed by atoms with Gasteiger partial charge in [0.25, 0.3) is 0 Å². The summed E-state index contributed by atoms with van der Waals surface area (Å²) in [5, 5.41) is 0. The van der Waals surface area contributed by atoms with Crippen molar-refractivity contribution in [3.05, 3.63) is 17.3 Å². The molecule has 0 atom stereocenters. The van der Waals surface area contributed by atoms with Crippen LogP contribution in [0.25, 0.3) is 0 Å². The summed E-state index contributed by atoms with van der Waals surface area (Å²) < 4.78 is 45.4. The lowest BCUT2D eigenvalue weighted by atomic mass is 10.1. The van der Waals surface area contributed by atoms with E-state index in [0.717, 1.165) is 0 Å². The molecule has 0 aliphatic heterocycles. The molecule has 0 aliphatic rings. The largest absolute Gasteiger partial charge is 0.574 e. The maximum Gasteiger partial charge on any atom is 0.574 e. The van der Waals surface area contributed by atoms with Gasteiger partial charge in [0.15, 0.2) is 0 Å². The fourth-order valence-corrected chi connectivity index (χ4v) is 1.45. The van der Waals surface area contributed by atoms with Gasteiger partial charge >= 0.3 is 12.3 Å². The average Bonchev–Trinajstić information content (AvgIpc) is 2.31. The summed E-state index contributed by atoms with van der Waals surface area (Å²) in [4.78, 5) is 15.0. The predicted octanol–water partition coefficient (Wildman–Crippen LogP) is 1.13. The number of carbonyl (C=O) groups excluding carboxylic acids is 1. The lowest BCUT2D eigenvalue weighted by Gasteiger charge is -2.15. The molecule has 1 aromatic rings. The monoisotopic (exact) mass is 293 g/mol. The van der Waals surface area contributed by atoms with E-state index in [1.54, 1.807) is 6.92 Å². The number of pyridine rings is 1. The predicted molar refractivity (Wildman–Crippen MR) is 63.6 cm³/mol. The maximum atomic E-state index is 12.3. The van der Waals surface area contributed by atoms with Crippen molar-refractivity contribution in [1.82, 2.24) is 4.98 Å². The van der Waals surface area contributed by atoms with Crippen LogP contribution >= 0.6 is 0 Å². The second-order valence-electron chi connectivity index (χ2n) is 3.72. The van der Waals surface area contributed by atoms with E-state index in [2.05, 4.69) is 14.5 Å². The molecule has 1 rings (SSSR count). The highest BCUT2D eigenvalue weighted by Crippen LogP contribution is 2.29. The van der Waals surface area contributed by atoms with Gasteiger partial charge < -0.3 is 20.9 Å². The second kappa shape index (κ2) is 6.42. The number of nitrogen functional groups attached to an aromatic ring is 1. The van der Waals surface area contributed by atoms with Crippen molar-refractivity contribution in [2.75, 3.05) is 12.3 Å². The number of nitrogens with zero attached hydrogens (tertiary/aromatic N) is 1. The van der Waals surface area contributed by atoms with Crippen molar-refractivity contribution >= 4 is 11.7 Å². The molecule has 1 heterocycles. The van der Waals surface area contributed by atoms with E-state index < -0.39 is 24.6 Å². The summed E-state index contributed by atoms with van der Waals surface area (Å²) in [5.41, 5.74) is 10.8. The number of hydrogen-bond acceptors (Lipinski definition) is 6. The van der Waals surface area contributed by atoms with Gasteiger partial charge in [-0.15, -0.1) is 13.2 Å². The summed E-state index contributed by atoms with van der Waals surface area (Å²) in [5.74, 6) is -1.51. The highest BCUT2D eigenvalue weighted by molar-refractivity contribution is 5.76. The first-order valence-corrected chi connectivity index (χ1v) is 5.66. The van der Waals surface area contributed by atoms with Crippen LogP contribution in [0.2, 0.25) is 0 Å². The summed E-state index contributed by atoms with van der Waals surface area (Å²) in [6, 6.07) is 1.29. The van der Waals surface area contributed by atoms with E-state index in [-0.39, 0.29) is 30.1 Å². The van der Waals surface area contributed by atoms with E-state index in [1.807, 2.05) is 0 Å². The van der Waals surface area contributed by atoms with Crippen LogP contribution in [0.15, 0.2) is 6.07 Å². The normalized spacial score (nSPS) is 11.2. The molecule has 9 heteroatoms. The smallest absolute Gasteiger partial charge is 0.466 e. The Hall–Kier alpha value is -2.03. The molecule has 20 heavy (non-hydrogen) atoms. The van der Waals surface area contributed by atoms with Crippen LogP contribution in [-0.4, -0.2) is 23.9 Å². The quantitative estimate of drug-likeness (QED) is 0.789. The summed E-state index contributed by atoms with van der Waals surface area (Å²) in [6.45, 7) is 1.56. The highest BCUT2D eigenvalue weighted by atomic mass is 19.4. The fourth-order valence-electron chi connectivity index (χ4n) is 1.45. The molecular formula is C11H14F3N3O3. The SMILES string of the molecule is CCOC(=O)Cc1c(N)cc(CN)nc1OC(F)(F)F. The third kappa shape index (κ3) is 4.57. The van der Waals surface area contributed by atoms with Crippen LogP contribution in [0.4, 0.5) is 18.9 Å². The van der Waals surface area contributed by atoms with Crippen LogP contribution in [0.1, 0.15) is 18.2 Å². The zero-order valence-corrected chi connectivity index (χ0v) is 10.7. The number of aromatic nitrogens is 1. The number of rotatable bonds is 5. The average molecular weight is 293 g/mol. The number of carbonyl (C=O) groups is 1. The van der Waals surface area contributed by atoms with Crippen LogP contribution < -0.4 is 16.2 Å². The minimum absolute atomic E-state index is 0.0623. The minimum atomic E-state index is -4.95. The van der Waals surface area contributed by atoms with Gasteiger partial charge in [-0.3, -0.25) is 4.79 Å². The lowest BCUT2D eigenvalue weighted by Crippen LogP contribution is -2.21. The zero-order valence-electron chi connectivity index (χ0n) is 10.7. The van der Waals surface area contributed by atoms with Crippen molar-refractivity contribution in [1.29, 1.82) is 0 Å². The van der Waals surface area contributed by atoms with E-state index in [9.17, 15) is 18.0 Å². The fraction of sp³-hybridized carbons (Fsp3) is 0.455. The number of esters is 1. The van der Waals surface area contributed by atoms with Crippen molar-refractivity contribution in [3.63, 3.8) is 0 Å². The van der Waals surface area contributed by atoms with E-state index in [0.29, 0.717) is 0 Å². The standard InChI is InChI=1S/C11H14F3N3O3/c1-2-19-9(18)4-7-8(16)3-6(5-15)17-10(7)20-11(12,13)14/h3H,2,4-5,15H2,1H3,(H2,16,17). The Bertz CT molecular complexity index is 492. The molecule has 0 saturated heterocycles. The Morgan fingerprint density at radius 1 is 1.45 bits per heavy atom. The summed E-state index contributed by atoms with van der Waals surface area (Å²) in [6.07, 6.45) is -5.42. The van der Waals surface area contributed by atoms with Crippen molar-refractivity contribution in [3.8, 4) is 5.88 Å². The Morgan fingerprint density at radius 3 is 2.60 bits per heavy atom. The van der Waals surface area contributed by atoms with Gasteiger partial charge in [-0.25, -0.2) is 4.98 Å². The first-order valence-electron chi connectivity index (χ1n) is 5.66. The molecule has 0 aromatic carbocycles. The van der Waals surface area contributed by atoms with Crippen molar-refractivity contribution in [2.45, 2.75) is 26.3 Å². The molecule has 0 aliphatic carbocycles. The Kier molecular flexibility index (Phi) is 5.14. The van der Waals surface area contributed by atoms with Crippen LogP contribution in [0.3, 0.4) is 0 Å². The van der Waals surface area contributed by atoms with Gasteiger partial charge in [-0.2, -0.15) is 0 Å². The second-order valence-corrected chi connectivity index (χ2v) is 3.72.